The normalized spacial score (nSPS) is 11.4. The summed E-state index contributed by atoms with van der Waals surface area (Å²) in [4.78, 5) is -0.658. The van der Waals surface area contributed by atoms with Gasteiger partial charge in [0.2, 0.25) is 0 Å². The van der Waals surface area contributed by atoms with Crippen molar-refractivity contribution in [1.82, 2.24) is 0 Å². The molecule has 0 heterocycles. The van der Waals surface area contributed by atoms with E-state index in [2.05, 4.69) is 55.5 Å². The third kappa shape index (κ3) is 2.67. The molecule has 0 nitrogen and oxygen atoms in total. The van der Waals surface area contributed by atoms with Gasteiger partial charge >= 0.3 is 0 Å². The van der Waals surface area contributed by atoms with Gasteiger partial charge in [0.05, 0.1) is 0 Å². The highest BCUT2D eigenvalue weighted by molar-refractivity contribution is 6.28. The summed E-state index contributed by atoms with van der Waals surface area (Å²) in [5, 5.41) is 0. The predicted molar refractivity (Wildman–Crippen MR) is 94.4 cm³/mol. The maximum absolute atomic E-state index is 7.21. The third-order valence-corrected chi connectivity index (χ3v) is 4.76. The zero-order valence-corrected chi connectivity index (χ0v) is 13.4. The second kappa shape index (κ2) is 6.37. The minimum Gasteiger partial charge on any atom is -0.104 e. The van der Waals surface area contributed by atoms with Gasteiger partial charge in [0, 0.05) is 0 Å². The van der Waals surface area contributed by atoms with Crippen LogP contribution in [0, 0.1) is 0 Å². The van der Waals surface area contributed by atoms with Crippen molar-refractivity contribution in [3.63, 3.8) is 0 Å². The Labute approximate surface area is 137 Å². The van der Waals surface area contributed by atoms with Gasteiger partial charge in [0.1, 0.15) is 4.87 Å². The summed E-state index contributed by atoms with van der Waals surface area (Å²) >= 11 is 7.21. The van der Waals surface area contributed by atoms with E-state index in [1.165, 1.54) is 5.56 Å². The highest BCUT2D eigenvalue weighted by Crippen LogP contribution is 2.42. The Morgan fingerprint density at radius 2 is 1.05 bits per heavy atom. The minimum atomic E-state index is -0.658. The van der Waals surface area contributed by atoms with Crippen LogP contribution in [-0.4, -0.2) is 0 Å². The summed E-state index contributed by atoms with van der Waals surface area (Å²) in [6.07, 6.45) is 1.03. The van der Waals surface area contributed by atoms with Gasteiger partial charge in [-0.3, -0.25) is 0 Å². The molecular formula is C21H19Cl. The molecule has 0 bridgehead atoms. The molecule has 1 heteroatoms. The summed E-state index contributed by atoms with van der Waals surface area (Å²) in [5.41, 5.74) is 4.60. The molecule has 0 fully saturated rings. The lowest BCUT2D eigenvalue weighted by Crippen LogP contribution is -2.22. The largest absolute Gasteiger partial charge is 0.119 e. The number of hydrogen-bond acceptors (Lipinski definition) is 0. The molecule has 0 atom stereocenters. The van der Waals surface area contributed by atoms with Gasteiger partial charge in [-0.2, -0.15) is 0 Å². The Balaban J connectivity index is 2.18. The van der Waals surface area contributed by atoms with Crippen LogP contribution in [0.4, 0.5) is 0 Å². The molecule has 0 aromatic heterocycles. The van der Waals surface area contributed by atoms with Crippen molar-refractivity contribution >= 4 is 11.6 Å². The topological polar surface area (TPSA) is 0 Å². The fraction of sp³-hybridized carbons (Fsp3) is 0.143. The Kier molecular flexibility index (Phi) is 4.31. The number of hydrogen-bond donors (Lipinski definition) is 0. The molecule has 0 aliphatic rings. The Bertz CT molecular complexity index is 675. The fourth-order valence-electron chi connectivity index (χ4n) is 2.81. The van der Waals surface area contributed by atoms with E-state index in [0.717, 1.165) is 23.1 Å². The van der Waals surface area contributed by atoms with E-state index in [1.807, 2.05) is 36.4 Å². The molecule has 0 aliphatic heterocycles. The van der Waals surface area contributed by atoms with E-state index in [-0.39, 0.29) is 0 Å². The molecule has 0 unspecified atom stereocenters. The molecular weight excluding hydrogens is 288 g/mol. The third-order valence-electron chi connectivity index (χ3n) is 4.10. The average Bonchev–Trinajstić information content (AvgIpc) is 2.62. The van der Waals surface area contributed by atoms with Gasteiger partial charge in [0.25, 0.3) is 0 Å². The van der Waals surface area contributed by atoms with Crippen LogP contribution in [0.5, 0.6) is 0 Å². The molecule has 0 spiro atoms. The molecule has 3 aromatic carbocycles. The average molecular weight is 307 g/mol. The molecule has 0 saturated heterocycles. The van der Waals surface area contributed by atoms with Crippen LogP contribution in [0.1, 0.15) is 29.2 Å². The number of rotatable bonds is 4. The van der Waals surface area contributed by atoms with Crippen molar-refractivity contribution in [3.8, 4) is 0 Å². The van der Waals surface area contributed by atoms with Gasteiger partial charge < -0.3 is 0 Å². The van der Waals surface area contributed by atoms with Crippen LogP contribution in [0.25, 0.3) is 0 Å². The Morgan fingerprint density at radius 1 is 0.636 bits per heavy atom. The van der Waals surface area contributed by atoms with Crippen LogP contribution in [-0.2, 0) is 11.3 Å². The standard InChI is InChI=1S/C21H19Cl/c1-2-17-13-15-20(16-14-17)21(22,18-9-5-3-6-10-18)19-11-7-4-8-12-19/h3-16H,2H2,1H3. The number of benzene rings is 3. The molecule has 110 valence electrons. The van der Waals surface area contributed by atoms with Crippen molar-refractivity contribution in [3.05, 3.63) is 107 Å². The van der Waals surface area contributed by atoms with E-state index in [1.54, 1.807) is 0 Å². The first-order valence-corrected chi connectivity index (χ1v) is 8.02. The minimum absolute atomic E-state index is 0.658. The van der Waals surface area contributed by atoms with Gasteiger partial charge in [-0.05, 0) is 28.7 Å². The molecule has 22 heavy (non-hydrogen) atoms. The Hall–Kier alpha value is -2.05. The van der Waals surface area contributed by atoms with E-state index in [9.17, 15) is 0 Å². The molecule has 3 aromatic rings. The number of halogens is 1. The van der Waals surface area contributed by atoms with Gasteiger partial charge in [-0.1, -0.05) is 91.9 Å². The summed E-state index contributed by atoms with van der Waals surface area (Å²) < 4.78 is 0. The monoisotopic (exact) mass is 306 g/mol. The predicted octanol–water partition coefficient (Wildman–Crippen LogP) is 5.78. The lowest BCUT2D eigenvalue weighted by molar-refractivity contribution is 0.877. The van der Waals surface area contributed by atoms with Crippen molar-refractivity contribution < 1.29 is 0 Å². The zero-order chi connectivity index (χ0) is 15.4. The summed E-state index contributed by atoms with van der Waals surface area (Å²) in [6.45, 7) is 2.16. The molecule has 0 aliphatic carbocycles. The maximum atomic E-state index is 7.21. The van der Waals surface area contributed by atoms with E-state index >= 15 is 0 Å². The summed E-state index contributed by atoms with van der Waals surface area (Å²) in [5.74, 6) is 0. The van der Waals surface area contributed by atoms with Crippen molar-refractivity contribution in [2.45, 2.75) is 18.2 Å². The van der Waals surface area contributed by atoms with Crippen LogP contribution in [0.15, 0.2) is 84.9 Å². The molecule has 0 N–H and O–H groups in total. The van der Waals surface area contributed by atoms with Gasteiger partial charge in [-0.15, -0.1) is 11.6 Å². The second-order valence-corrected chi connectivity index (χ2v) is 6.01. The highest BCUT2D eigenvalue weighted by atomic mass is 35.5. The molecule has 0 radical (unpaired) electrons. The summed E-state index contributed by atoms with van der Waals surface area (Å²) in [6, 6.07) is 29.2. The van der Waals surface area contributed by atoms with E-state index < -0.39 is 4.87 Å². The quantitative estimate of drug-likeness (QED) is 0.423. The van der Waals surface area contributed by atoms with E-state index in [0.29, 0.717) is 0 Å². The fourth-order valence-corrected chi connectivity index (χ4v) is 3.18. The van der Waals surface area contributed by atoms with Crippen molar-refractivity contribution in [1.29, 1.82) is 0 Å². The number of aryl methyl sites for hydroxylation is 1. The number of alkyl halides is 1. The Morgan fingerprint density at radius 3 is 1.45 bits per heavy atom. The first-order chi connectivity index (χ1) is 10.7. The van der Waals surface area contributed by atoms with Gasteiger partial charge in [0.15, 0.2) is 0 Å². The molecule has 0 saturated carbocycles. The second-order valence-electron chi connectivity index (χ2n) is 5.44. The van der Waals surface area contributed by atoms with Crippen molar-refractivity contribution in [2.75, 3.05) is 0 Å². The van der Waals surface area contributed by atoms with Gasteiger partial charge in [-0.25, -0.2) is 0 Å². The molecule has 0 amide bonds. The van der Waals surface area contributed by atoms with Crippen molar-refractivity contribution in [2.24, 2.45) is 0 Å². The van der Waals surface area contributed by atoms with Crippen LogP contribution < -0.4 is 0 Å². The summed E-state index contributed by atoms with van der Waals surface area (Å²) in [7, 11) is 0. The smallest absolute Gasteiger partial charge is 0.104 e. The molecule has 3 rings (SSSR count). The van der Waals surface area contributed by atoms with Crippen LogP contribution in [0.2, 0.25) is 0 Å². The van der Waals surface area contributed by atoms with Crippen LogP contribution >= 0.6 is 11.6 Å². The highest BCUT2D eigenvalue weighted by Gasteiger charge is 2.33. The van der Waals surface area contributed by atoms with Crippen LogP contribution in [0.3, 0.4) is 0 Å². The zero-order valence-electron chi connectivity index (χ0n) is 12.7. The lowest BCUT2D eigenvalue weighted by atomic mass is 9.84. The maximum Gasteiger partial charge on any atom is 0.119 e. The SMILES string of the molecule is CCc1ccc(C(Cl)(c2ccccc2)c2ccccc2)cc1. The first-order valence-electron chi connectivity index (χ1n) is 7.64. The van der Waals surface area contributed by atoms with E-state index in [4.69, 9.17) is 11.6 Å². The lowest BCUT2D eigenvalue weighted by Gasteiger charge is -2.29. The first kappa shape index (κ1) is 14.9.